The van der Waals surface area contributed by atoms with Crippen molar-refractivity contribution in [2.75, 3.05) is 0 Å². The first kappa shape index (κ1) is 60.8. The Balaban J connectivity index is 0.000000152. The molecule has 0 amide bonds. The summed E-state index contributed by atoms with van der Waals surface area (Å²) >= 11 is 0. The molecule has 0 N–H and O–H groups in total. The van der Waals surface area contributed by atoms with Crippen molar-refractivity contribution in [1.29, 1.82) is 0 Å². The summed E-state index contributed by atoms with van der Waals surface area (Å²) < 4.78 is 6.67. The summed E-state index contributed by atoms with van der Waals surface area (Å²) in [5.74, 6) is 3.95. The molecule has 0 atom stereocenters. The van der Waals surface area contributed by atoms with Gasteiger partial charge in [0.05, 0.1) is 17.5 Å². The van der Waals surface area contributed by atoms with Crippen LogP contribution in [-0.2, 0) is 20.1 Å². The van der Waals surface area contributed by atoms with Crippen molar-refractivity contribution in [2.45, 2.75) is 101 Å². The second-order valence-corrected chi connectivity index (χ2v) is 22.7. The molecular weight excluding hydrogens is 1210 g/mol. The van der Waals surface area contributed by atoms with Gasteiger partial charge in [-0.25, -0.2) is 0 Å². The summed E-state index contributed by atoms with van der Waals surface area (Å²) in [5.41, 5.74) is 25.9. The summed E-state index contributed by atoms with van der Waals surface area (Å²) in [4.78, 5) is 14.0. The number of aromatic nitrogens is 6. The minimum atomic E-state index is 0. The van der Waals surface area contributed by atoms with Crippen molar-refractivity contribution in [3.05, 3.63) is 287 Å². The quantitative estimate of drug-likeness (QED) is 0.115. The predicted molar refractivity (Wildman–Crippen MR) is 351 cm³/mol. The first-order valence-corrected chi connectivity index (χ1v) is 29.3. The molecule has 0 unspecified atom stereocenters. The number of benzene rings is 9. The molecule has 0 aliphatic carbocycles. The maximum absolute atomic E-state index is 4.67. The first-order valence-electron chi connectivity index (χ1n) is 29.3. The third kappa shape index (κ3) is 12.9. The van der Waals surface area contributed by atoms with E-state index in [1.54, 1.807) is 0 Å². The third-order valence-corrected chi connectivity index (χ3v) is 15.8. The van der Waals surface area contributed by atoms with Gasteiger partial charge in [0.25, 0.3) is 0 Å². The topological polar surface area (TPSA) is 53.5 Å². The zero-order chi connectivity index (χ0) is 59.0. The standard InChI is InChI=1S/3C26H25N2.Ir/c3*1-18(2)22-14-9-15-23(24-19(3)10-8-11-20(24)4)25(22)28-17-16-27-26(28)21-12-6-5-7-13-21;/h3*5-12,14-18H,1-4H3;/q3*-1;+3. The Morgan fingerprint density at radius 2 is 0.553 bits per heavy atom. The Hall–Kier alpha value is -8.74. The molecule has 9 aromatic carbocycles. The normalized spacial score (nSPS) is 11.0. The van der Waals surface area contributed by atoms with Gasteiger partial charge in [-0.3, -0.25) is 15.0 Å². The minimum Gasteiger partial charge on any atom is -0.339 e. The number of imidazole rings is 3. The second-order valence-electron chi connectivity index (χ2n) is 22.7. The number of para-hydroxylation sites is 3. The van der Waals surface area contributed by atoms with Gasteiger partial charge in [0.1, 0.15) is 0 Å². The van der Waals surface area contributed by atoms with Crippen molar-refractivity contribution >= 4 is 0 Å². The van der Waals surface area contributed by atoms with Crippen molar-refractivity contribution in [3.63, 3.8) is 0 Å². The maximum atomic E-state index is 4.67. The molecule has 0 radical (unpaired) electrons. The van der Waals surface area contributed by atoms with E-state index in [1.807, 2.05) is 73.2 Å². The molecule has 12 aromatic rings. The molecule has 3 heterocycles. The maximum Gasteiger partial charge on any atom is 3.00 e. The summed E-state index contributed by atoms with van der Waals surface area (Å²) in [6.45, 7) is 26.6. The van der Waals surface area contributed by atoms with Crippen LogP contribution in [0.25, 0.3) is 84.6 Å². The van der Waals surface area contributed by atoms with Crippen LogP contribution in [0.1, 0.15) is 109 Å². The van der Waals surface area contributed by atoms with Crippen molar-refractivity contribution in [3.8, 4) is 84.6 Å². The summed E-state index contributed by atoms with van der Waals surface area (Å²) in [5, 5.41) is 0. The van der Waals surface area contributed by atoms with Crippen LogP contribution in [0.3, 0.4) is 0 Å². The predicted octanol–water partition coefficient (Wildman–Crippen LogP) is 20.2. The van der Waals surface area contributed by atoms with Crippen LogP contribution in [0.15, 0.2) is 219 Å². The zero-order valence-corrected chi connectivity index (χ0v) is 53.4. The molecular formula is C78H75IrN6. The average molecular weight is 1290 g/mol. The molecule has 0 saturated carbocycles. The van der Waals surface area contributed by atoms with E-state index in [2.05, 4.69) is 276 Å². The molecule has 7 heteroatoms. The van der Waals surface area contributed by atoms with Crippen LogP contribution < -0.4 is 0 Å². The Morgan fingerprint density at radius 3 is 0.776 bits per heavy atom. The van der Waals surface area contributed by atoms with Crippen LogP contribution in [0.4, 0.5) is 0 Å². The minimum absolute atomic E-state index is 0. The largest absolute Gasteiger partial charge is 3.00 e. The van der Waals surface area contributed by atoms with E-state index in [4.69, 9.17) is 0 Å². The molecule has 0 fully saturated rings. The van der Waals surface area contributed by atoms with Crippen molar-refractivity contribution in [2.24, 2.45) is 0 Å². The number of rotatable bonds is 12. The molecule has 0 aliphatic rings. The molecule has 0 aliphatic heterocycles. The number of hydrogen-bond acceptors (Lipinski definition) is 3. The van der Waals surface area contributed by atoms with E-state index in [9.17, 15) is 0 Å². The molecule has 6 nitrogen and oxygen atoms in total. The van der Waals surface area contributed by atoms with Crippen LogP contribution in [0.5, 0.6) is 0 Å². The average Bonchev–Trinajstić information content (AvgIpc) is 2.62. The first-order chi connectivity index (χ1) is 40.7. The summed E-state index contributed by atoms with van der Waals surface area (Å²) in [6, 6.07) is 73.5. The fourth-order valence-electron chi connectivity index (χ4n) is 11.9. The van der Waals surface area contributed by atoms with Gasteiger partial charge in [0.15, 0.2) is 0 Å². The molecule has 0 bridgehead atoms. The monoisotopic (exact) mass is 1290 g/mol. The Bertz CT molecular complexity index is 3690. The van der Waals surface area contributed by atoms with Crippen LogP contribution in [0, 0.1) is 59.7 Å². The third-order valence-electron chi connectivity index (χ3n) is 15.8. The Labute approximate surface area is 518 Å². The Morgan fingerprint density at radius 1 is 0.306 bits per heavy atom. The van der Waals surface area contributed by atoms with Gasteiger partial charge in [-0.1, -0.05) is 151 Å². The van der Waals surface area contributed by atoms with Gasteiger partial charge in [-0.05, 0) is 126 Å². The van der Waals surface area contributed by atoms with E-state index >= 15 is 0 Å². The molecule has 12 rings (SSSR count). The SMILES string of the molecule is Cc1cccc(C)c1-c1cccc(C(C)C)c1-n1ccnc1-c1[c-]cccc1.Cc1cccc(C)c1-c1cccc(C(C)C)c1-n1ccnc1-c1[c-]cccc1.Cc1cccc(C)c1-c1cccc(C(C)C)c1-n1ccnc1-c1[c-]cccc1.[Ir+3]. The zero-order valence-electron chi connectivity index (χ0n) is 51.0. The summed E-state index contributed by atoms with van der Waals surface area (Å²) in [7, 11) is 0. The molecule has 0 saturated heterocycles. The van der Waals surface area contributed by atoms with E-state index in [-0.39, 0.29) is 20.1 Å². The van der Waals surface area contributed by atoms with Gasteiger partial charge < -0.3 is 13.7 Å². The van der Waals surface area contributed by atoms with E-state index in [0.717, 1.165) is 34.2 Å². The van der Waals surface area contributed by atoms with E-state index in [0.29, 0.717) is 17.8 Å². The molecule has 0 spiro atoms. The smallest absolute Gasteiger partial charge is 0.339 e. The number of hydrogen-bond donors (Lipinski definition) is 0. The van der Waals surface area contributed by atoms with Gasteiger partial charge in [-0.15, -0.1) is 108 Å². The van der Waals surface area contributed by atoms with E-state index < -0.39 is 0 Å². The van der Waals surface area contributed by atoms with Crippen molar-refractivity contribution in [1.82, 2.24) is 28.7 Å². The number of aryl methyl sites for hydroxylation is 6. The Kier molecular flexibility index (Phi) is 19.6. The molecule has 3 aromatic heterocycles. The van der Waals surface area contributed by atoms with Gasteiger partial charge in [-0.2, -0.15) is 0 Å². The van der Waals surface area contributed by atoms with Crippen LogP contribution >= 0.6 is 0 Å². The fourth-order valence-corrected chi connectivity index (χ4v) is 11.9. The molecule has 85 heavy (non-hydrogen) atoms. The second kappa shape index (κ2) is 27.3. The van der Waals surface area contributed by atoms with Crippen LogP contribution in [0.2, 0.25) is 0 Å². The number of nitrogens with zero attached hydrogens (tertiary/aromatic N) is 6. The fraction of sp³-hybridized carbons (Fsp3) is 0.192. The van der Waals surface area contributed by atoms with Gasteiger partial charge in [0.2, 0.25) is 0 Å². The van der Waals surface area contributed by atoms with Gasteiger partial charge in [0, 0.05) is 70.9 Å². The van der Waals surface area contributed by atoms with Gasteiger partial charge >= 0.3 is 20.1 Å². The van der Waals surface area contributed by atoms with Crippen molar-refractivity contribution < 1.29 is 20.1 Å². The van der Waals surface area contributed by atoms with E-state index in [1.165, 1.54) is 101 Å². The molecule has 426 valence electrons. The van der Waals surface area contributed by atoms with Crippen LogP contribution in [-0.4, -0.2) is 28.7 Å². The summed E-state index contributed by atoms with van der Waals surface area (Å²) in [6.07, 6.45) is 11.8.